The van der Waals surface area contributed by atoms with Gasteiger partial charge in [0.05, 0.1) is 30.3 Å². The number of nitrogens with zero attached hydrogens (tertiary/aromatic N) is 6. The Bertz CT molecular complexity index is 1280. The molecule has 224 valence electrons. The lowest BCUT2D eigenvalue weighted by Crippen LogP contribution is -2.44. The average Bonchev–Trinajstić information content (AvgIpc) is 3.35. The average molecular weight is 570 g/mol. The van der Waals surface area contributed by atoms with E-state index >= 15 is 0 Å². The Kier molecular flexibility index (Phi) is 9.70. The molecule has 1 saturated heterocycles. The molecule has 1 saturated carbocycles. The largest absolute Gasteiger partial charge is 0.377 e. The number of halogens is 2. The van der Waals surface area contributed by atoms with Crippen LogP contribution >= 0.6 is 0 Å². The van der Waals surface area contributed by atoms with Crippen molar-refractivity contribution in [1.82, 2.24) is 24.4 Å². The minimum atomic E-state index is -2.74. The SMILES string of the molecule is CCCN(CCC)C1CCC(CNc2nc(N3CCOC[C@@H]3C)cc(-n3c(C(F)F)nc4ccc(C)cc43)n2)CC1. The molecule has 2 aromatic heterocycles. The van der Waals surface area contributed by atoms with E-state index < -0.39 is 6.43 Å². The lowest BCUT2D eigenvalue weighted by molar-refractivity contribution is 0.0985. The monoisotopic (exact) mass is 569 g/mol. The summed E-state index contributed by atoms with van der Waals surface area (Å²) in [6.07, 6.45) is 4.39. The molecular formula is C31H45F2N7O. The van der Waals surface area contributed by atoms with Gasteiger partial charge < -0.3 is 19.9 Å². The highest BCUT2D eigenvalue weighted by atomic mass is 19.3. The maximum atomic E-state index is 14.3. The van der Waals surface area contributed by atoms with Crippen molar-refractivity contribution in [1.29, 1.82) is 0 Å². The lowest BCUT2D eigenvalue weighted by atomic mass is 9.85. The third-order valence-corrected chi connectivity index (χ3v) is 8.52. The van der Waals surface area contributed by atoms with Gasteiger partial charge in [-0.2, -0.15) is 9.97 Å². The molecule has 0 bridgehead atoms. The number of rotatable bonds is 11. The molecule has 8 nitrogen and oxygen atoms in total. The lowest BCUT2D eigenvalue weighted by Gasteiger charge is -2.37. The highest BCUT2D eigenvalue weighted by Crippen LogP contribution is 2.31. The second kappa shape index (κ2) is 13.4. The molecule has 2 aliphatic rings. The summed E-state index contributed by atoms with van der Waals surface area (Å²) in [7, 11) is 0. The van der Waals surface area contributed by atoms with E-state index in [1.807, 2.05) is 25.1 Å². The van der Waals surface area contributed by atoms with Crippen LogP contribution in [0.3, 0.4) is 0 Å². The summed E-state index contributed by atoms with van der Waals surface area (Å²) in [5, 5.41) is 3.50. The molecule has 0 unspecified atom stereocenters. The van der Waals surface area contributed by atoms with Gasteiger partial charge in [-0.25, -0.2) is 13.8 Å². The summed E-state index contributed by atoms with van der Waals surface area (Å²) < 4.78 is 35.7. The van der Waals surface area contributed by atoms with Crippen LogP contribution in [0.5, 0.6) is 0 Å². The molecule has 3 aromatic rings. The van der Waals surface area contributed by atoms with Crippen LogP contribution in [0.1, 0.15) is 77.1 Å². The van der Waals surface area contributed by atoms with Crippen molar-refractivity contribution in [2.75, 3.05) is 49.6 Å². The molecule has 3 heterocycles. The number of hydrogen-bond donors (Lipinski definition) is 1. The van der Waals surface area contributed by atoms with Crippen molar-refractivity contribution in [3.63, 3.8) is 0 Å². The van der Waals surface area contributed by atoms with Crippen molar-refractivity contribution in [3.8, 4) is 5.82 Å². The highest BCUT2D eigenvalue weighted by Gasteiger charge is 2.27. The molecule has 2 fully saturated rings. The number of fused-ring (bicyclic) bond motifs is 1. The van der Waals surface area contributed by atoms with Gasteiger partial charge in [0.15, 0.2) is 5.82 Å². The summed E-state index contributed by atoms with van der Waals surface area (Å²) >= 11 is 0. The molecule has 5 rings (SSSR count). The molecule has 41 heavy (non-hydrogen) atoms. The predicted octanol–water partition coefficient (Wildman–Crippen LogP) is 6.38. The van der Waals surface area contributed by atoms with Crippen LogP contribution in [0.2, 0.25) is 0 Å². The number of ether oxygens (including phenoxy) is 1. The van der Waals surface area contributed by atoms with Gasteiger partial charge in [-0.1, -0.05) is 19.9 Å². The van der Waals surface area contributed by atoms with Crippen LogP contribution in [0.15, 0.2) is 24.3 Å². The first-order chi connectivity index (χ1) is 19.9. The number of aryl methyl sites for hydroxylation is 1. The van der Waals surface area contributed by atoms with Crippen molar-refractivity contribution in [3.05, 3.63) is 35.7 Å². The summed E-state index contributed by atoms with van der Waals surface area (Å²) in [4.78, 5) is 18.8. The fourth-order valence-corrected chi connectivity index (χ4v) is 6.42. The third-order valence-electron chi connectivity index (χ3n) is 8.52. The van der Waals surface area contributed by atoms with Crippen molar-refractivity contribution in [2.24, 2.45) is 5.92 Å². The van der Waals surface area contributed by atoms with E-state index in [2.05, 4.69) is 40.9 Å². The Morgan fingerprint density at radius 2 is 1.76 bits per heavy atom. The van der Waals surface area contributed by atoms with E-state index in [1.165, 1.54) is 43.3 Å². The molecule has 1 atom stereocenters. The molecule has 10 heteroatoms. The van der Waals surface area contributed by atoms with Crippen LogP contribution in [-0.2, 0) is 4.74 Å². The van der Waals surface area contributed by atoms with Crippen molar-refractivity contribution < 1.29 is 13.5 Å². The quantitative estimate of drug-likeness (QED) is 0.287. The van der Waals surface area contributed by atoms with E-state index in [-0.39, 0.29) is 11.9 Å². The second-order valence-electron chi connectivity index (χ2n) is 11.7. The van der Waals surface area contributed by atoms with Crippen molar-refractivity contribution >= 4 is 22.8 Å². The number of morpholine rings is 1. The molecule has 0 radical (unpaired) electrons. The first-order valence-corrected chi connectivity index (χ1v) is 15.4. The fourth-order valence-electron chi connectivity index (χ4n) is 6.42. The van der Waals surface area contributed by atoms with Crippen LogP contribution < -0.4 is 10.2 Å². The van der Waals surface area contributed by atoms with Crippen LogP contribution in [0.25, 0.3) is 16.9 Å². The summed E-state index contributed by atoms with van der Waals surface area (Å²) in [6, 6.07) is 8.16. The molecule has 0 spiro atoms. The number of hydrogen-bond acceptors (Lipinski definition) is 7. The minimum absolute atomic E-state index is 0.111. The number of alkyl halides is 2. The number of imidazole rings is 1. The standard InChI is InChI=1S/C31H45F2N7O/c1-5-13-38(14-6-2)24-10-8-23(9-11-24)19-34-31-36-27(39-15-16-41-20-22(39)4)18-28(37-31)40-26-17-21(3)7-12-25(26)35-30(40)29(32)33/h7,12,17-18,22-24,29H,5-6,8-11,13-16,19-20H2,1-4H3,(H,34,36,37)/t22-,23?,24?/m0/s1. The fraction of sp³-hybridized carbons (Fsp3) is 0.645. The Morgan fingerprint density at radius 1 is 1.02 bits per heavy atom. The molecule has 1 aromatic carbocycles. The summed E-state index contributed by atoms with van der Waals surface area (Å²) in [5.41, 5.74) is 2.12. The van der Waals surface area contributed by atoms with Gasteiger partial charge in [-0.15, -0.1) is 0 Å². The predicted molar refractivity (Wildman–Crippen MR) is 160 cm³/mol. The highest BCUT2D eigenvalue weighted by molar-refractivity contribution is 5.79. The van der Waals surface area contributed by atoms with E-state index in [4.69, 9.17) is 14.7 Å². The third kappa shape index (κ3) is 6.80. The van der Waals surface area contributed by atoms with E-state index in [9.17, 15) is 8.78 Å². The number of aromatic nitrogens is 4. The first-order valence-electron chi connectivity index (χ1n) is 15.4. The molecular weight excluding hydrogens is 524 g/mol. The van der Waals surface area contributed by atoms with Gasteiger partial charge in [-0.05, 0) is 89.1 Å². The van der Waals surface area contributed by atoms with Gasteiger partial charge in [0, 0.05) is 25.2 Å². The molecule has 1 aliphatic heterocycles. The van der Waals surface area contributed by atoms with E-state index in [1.54, 1.807) is 6.07 Å². The van der Waals surface area contributed by atoms with Crippen LogP contribution in [0.4, 0.5) is 20.5 Å². The number of benzene rings is 1. The van der Waals surface area contributed by atoms with Gasteiger partial charge in [0.25, 0.3) is 6.43 Å². The van der Waals surface area contributed by atoms with Crippen LogP contribution in [0, 0.1) is 12.8 Å². The normalized spacial score (nSPS) is 21.8. The summed E-state index contributed by atoms with van der Waals surface area (Å²) in [5.74, 6) is 1.80. The van der Waals surface area contributed by atoms with Gasteiger partial charge in [0.1, 0.15) is 11.6 Å². The Labute approximate surface area is 242 Å². The zero-order valence-corrected chi connectivity index (χ0v) is 25.0. The second-order valence-corrected chi connectivity index (χ2v) is 11.7. The first kappa shape index (κ1) is 29.6. The number of anilines is 2. The molecule has 1 N–H and O–H groups in total. The van der Waals surface area contributed by atoms with Gasteiger partial charge in [-0.3, -0.25) is 4.57 Å². The Morgan fingerprint density at radius 3 is 2.44 bits per heavy atom. The smallest absolute Gasteiger partial charge is 0.296 e. The Hall–Kier alpha value is -2.85. The number of nitrogens with one attached hydrogen (secondary N) is 1. The maximum absolute atomic E-state index is 14.3. The van der Waals surface area contributed by atoms with Crippen LogP contribution in [-0.4, -0.2) is 75.9 Å². The van der Waals surface area contributed by atoms with Gasteiger partial charge in [0.2, 0.25) is 5.95 Å². The zero-order chi connectivity index (χ0) is 28.9. The summed E-state index contributed by atoms with van der Waals surface area (Å²) in [6.45, 7) is 13.5. The minimum Gasteiger partial charge on any atom is -0.377 e. The van der Waals surface area contributed by atoms with Crippen molar-refractivity contribution in [2.45, 2.75) is 84.7 Å². The topological polar surface area (TPSA) is 71.3 Å². The van der Waals surface area contributed by atoms with E-state index in [0.29, 0.717) is 60.3 Å². The zero-order valence-electron chi connectivity index (χ0n) is 25.0. The van der Waals surface area contributed by atoms with E-state index in [0.717, 1.165) is 24.9 Å². The molecule has 0 amide bonds. The molecule has 1 aliphatic carbocycles. The maximum Gasteiger partial charge on any atom is 0.296 e. The Balaban J connectivity index is 1.41. The van der Waals surface area contributed by atoms with Gasteiger partial charge >= 0.3 is 0 Å².